The molecule has 2 aromatic rings. The summed E-state index contributed by atoms with van der Waals surface area (Å²) in [4.78, 5) is 21.8. The number of benzene rings is 2. The van der Waals surface area contributed by atoms with Crippen LogP contribution < -0.4 is 0 Å². The predicted octanol–water partition coefficient (Wildman–Crippen LogP) is 2.94. The Morgan fingerprint density at radius 1 is 1.05 bits per heavy atom. The van der Waals surface area contributed by atoms with Crippen molar-refractivity contribution in [2.75, 3.05) is 7.11 Å². The molecule has 0 radical (unpaired) electrons. The van der Waals surface area contributed by atoms with E-state index in [1.54, 1.807) is 12.1 Å². The fourth-order valence-corrected chi connectivity index (χ4v) is 2.48. The average Bonchev–Trinajstić information content (AvgIpc) is 3.00. The average molecular weight is 292 g/mol. The molecule has 0 aliphatic carbocycles. The number of hydrogen-bond donors (Lipinski definition) is 0. The molecule has 0 saturated carbocycles. The molecule has 3 rings (SSSR count). The molecule has 0 spiro atoms. The summed E-state index contributed by atoms with van der Waals surface area (Å²) >= 11 is 0. The third-order valence-corrected chi connectivity index (χ3v) is 3.59. The Hall–Kier alpha value is -2.75. The zero-order chi connectivity index (χ0) is 15.4. The normalized spacial score (nSPS) is 19.8. The topological polar surface area (TPSA) is 51.0 Å². The summed E-state index contributed by atoms with van der Waals surface area (Å²) in [6, 6.07) is 18.9. The highest BCUT2D eigenvalue weighted by molar-refractivity contribution is 6.29. The van der Waals surface area contributed by atoms with Crippen LogP contribution in [0.5, 0.6) is 0 Å². The lowest BCUT2D eigenvalue weighted by Crippen LogP contribution is -2.36. The first-order valence-electron chi connectivity index (χ1n) is 7.06. The predicted molar refractivity (Wildman–Crippen MR) is 86.6 cm³/mol. The van der Waals surface area contributed by atoms with Crippen LogP contribution in [0.4, 0.5) is 0 Å². The first-order chi connectivity index (χ1) is 10.7. The van der Waals surface area contributed by atoms with Crippen LogP contribution in [0, 0.1) is 0 Å². The molecule has 22 heavy (non-hydrogen) atoms. The van der Waals surface area contributed by atoms with E-state index in [1.165, 1.54) is 13.3 Å². The number of ether oxygens (including phenoxy) is 1. The van der Waals surface area contributed by atoms with Crippen LogP contribution in [-0.4, -0.2) is 30.7 Å². The molecule has 0 aromatic heterocycles. The van der Waals surface area contributed by atoms with Crippen LogP contribution in [0.3, 0.4) is 0 Å². The van der Waals surface area contributed by atoms with E-state index in [4.69, 9.17) is 4.74 Å². The fraction of sp³-hybridized carbons (Fsp3) is 0.167. The summed E-state index contributed by atoms with van der Waals surface area (Å²) < 4.78 is 5.14. The summed E-state index contributed by atoms with van der Waals surface area (Å²) in [5, 5.41) is 0. The molecule has 4 heteroatoms. The van der Waals surface area contributed by atoms with Gasteiger partial charge in [-0.05, 0) is 5.56 Å². The van der Waals surface area contributed by atoms with Gasteiger partial charge in [0.2, 0.25) is 17.3 Å². The first kappa shape index (κ1) is 14.2. The molecule has 1 unspecified atom stereocenters. The number of aliphatic imine (C=N–C) groups is 2. The zero-order valence-electron chi connectivity index (χ0n) is 12.3. The van der Waals surface area contributed by atoms with Gasteiger partial charge in [-0.2, -0.15) is 0 Å². The molecule has 1 aliphatic rings. The van der Waals surface area contributed by atoms with E-state index in [2.05, 4.69) is 9.98 Å². The lowest BCUT2D eigenvalue weighted by Gasteiger charge is -2.21. The van der Waals surface area contributed by atoms with Crippen molar-refractivity contribution in [3.63, 3.8) is 0 Å². The van der Waals surface area contributed by atoms with Gasteiger partial charge in [0.15, 0.2) is 0 Å². The molecule has 0 N–H and O–H groups in total. The number of rotatable bonds is 4. The molecule has 4 nitrogen and oxygen atoms in total. The minimum absolute atomic E-state index is 0.125. The second-order valence-electron chi connectivity index (χ2n) is 5.09. The highest BCUT2D eigenvalue weighted by Crippen LogP contribution is 2.28. The monoisotopic (exact) mass is 292 g/mol. The highest BCUT2D eigenvalue weighted by Gasteiger charge is 2.41. The molecular formula is C18H16N2O2. The maximum absolute atomic E-state index is 13.0. The van der Waals surface area contributed by atoms with Crippen LogP contribution in [0.15, 0.2) is 70.6 Å². The zero-order valence-corrected chi connectivity index (χ0v) is 12.3. The minimum atomic E-state index is -1.17. The lowest BCUT2D eigenvalue weighted by molar-refractivity contribution is 0.0897. The van der Waals surface area contributed by atoms with Crippen molar-refractivity contribution >= 4 is 17.9 Å². The third-order valence-electron chi connectivity index (χ3n) is 3.59. The van der Waals surface area contributed by atoms with Gasteiger partial charge in [0.25, 0.3) is 0 Å². The molecule has 0 saturated heterocycles. The summed E-state index contributed by atoms with van der Waals surface area (Å²) in [5.41, 5.74) is 0.426. The van der Waals surface area contributed by atoms with Gasteiger partial charge in [-0.1, -0.05) is 60.7 Å². The van der Waals surface area contributed by atoms with Crippen molar-refractivity contribution in [3.05, 3.63) is 71.8 Å². The van der Waals surface area contributed by atoms with Crippen molar-refractivity contribution in [2.45, 2.75) is 12.1 Å². The van der Waals surface area contributed by atoms with Crippen LogP contribution in [0.1, 0.15) is 15.9 Å². The van der Waals surface area contributed by atoms with E-state index in [1.807, 2.05) is 48.5 Å². The third kappa shape index (κ3) is 2.68. The number of hydrogen-bond acceptors (Lipinski definition) is 4. The van der Waals surface area contributed by atoms with Gasteiger partial charge in [-0.3, -0.25) is 4.79 Å². The molecule has 1 heterocycles. The second-order valence-corrected chi connectivity index (χ2v) is 5.09. The summed E-state index contributed by atoms with van der Waals surface area (Å²) in [6.45, 7) is 0. The van der Waals surface area contributed by atoms with Gasteiger partial charge >= 0.3 is 0 Å². The van der Waals surface area contributed by atoms with Crippen molar-refractivity contribution in [2.24, 2.45) is 9.98 Å². The smallest absolute Gasteiger partial charge is 0.229 e. The number of nitrogens with zero attached hydrogens (tertiary/aromatic N) is 2. The van der Waals surface area contributed by atoms with E-state index < -0.39 is 5.66 Å². The van der Waals surface area contributed by atoms with E-state index in [-0.39, 0.29) is 5.78 Å². The molecule has 110 valence electrons. The van der Waals surface area contributed by atoms with E-state index >= 15 is 0 Å². The molecule has 0 bridgehead atoms. The standard InChI is InChI=1S/C18H16N2O2/c1-22-16-13-19-18(20-16,12-14-8-4-2-5-9-14)17(21)15-10-6-3-7-11-15/h2-11,13H,12H2,1H3. The van der Waals surface area contributed by atoms with Crippen molar-refractivity contribution in [1.82, 2.24) is 0 Å². The van der Waals surface area contributed by atoms with Crippen molar-refractivity contribution < 1.29 is 9.53 Å². The second kappa shape index (κ2) is 5.93. The number of carbonyl (C=O) groups excluding carboxylic acids is 1. The molecule has 1 aliphatic heterocycles. The maximum Gasteiger partial charge on any atom is 0.229 e. The highest BCUT2D eigenvalue weighted by atomic mass is 16.5. The maximum atomic E-state index is 13.0. The quantitative estimate of drug-likeness (QED) is 0.814. The van der Waals surface area contributed by atoms with Gasteiger partial charge in [0.1, 0.15) is 0 Å². The summed E-state index contributed by atoms with van der Waals surface area (Å²) in [5.74, 6) is 0.250. The van der Waals surface area contributed by atoms with Crippen LogP contribution in [0.25, 0.3) is 0 Å². The van der Waals surface area contributed by atoms with Crippen LogP contribution in [0.2, 0.25) is 0 Å². The van der Waals surface area contributed by atoms with Crippen molar-refractivity contribution in [3.8, 4) is 0 Å². The van der Waals surface area contributed by atoms with Gasteiger partial charge in [-0.25, -0.2) is 9.98 Å². The Morgan fingerprint density at radius 3 is 2.27 bits per heavy atom. The van der Waals surface area contributed by atoms with E-state index in [0.29, 0.717) is 17.9 Å². The number of carbonyl (C=O) groups is 1. The number of ketones is 1. The van der Waals surface area contributed by atoms with Gasteiger partial charge in [0.05, 0.1) is 13.3 Å². The van der Waals surface area contributed by atoms with Gasteiger partial charge in [-0.15, -0.1) is 0 Å². The summed E-state index contributed by atoms with van der Waals surface area (Å²) in [7, 11) is 1.52. The SMILES string of the molecule is COC1=NC(Cc2ccccc2)(C(=O)c2ccccc2)N=C1. The molecule has 2 aromatic carbocycles. The fourth-order valence-electron chi connectivity index (χ4n) is 2.48. The van der Waals surface area contributed by atoms with Crippen molar-refractivity contribution in [1.29, 1.82) is 0 Å². The van der Waals surface area contributed by atoms with Crippen LogP contribution >= 0.6 is 0 Å². The Balaban J connectivity index is 2.00. The Morgan fingerprint density at radius 2 is 1.68 bits per heavy atom. The number of methoxy groups -OCH3 is 1. The van der Waals surface area contributed by atoms with Gasteiger partial charge in [0, 0.05) is 12.0 Å². The number of Topliss-reactive ketones (excluding diaryl/α,β-unsaturated/α-hetero) is 1. The Labute approximate surface area is 129 Å². The molecule has 0 amide bonds. The summed E-state index contributed by atoms with van der Waals surface area (Å²) in [6.07, 6.45) is 1.93. The van der Waals surface area contributed by atoms with E-state index in [0.717, 1.165) is 5.56 Å². The minimum Gasteiger partial charge on any atom is -0.480 e. The van der Waals surface area contributed by atoms with E-state index in [9.17, 15) is 4.79 Å². The van der Waals surface area contributed by atoms with Gasteiger partial charge < -0.3 is 4.74 Å². The Kier molecular flexibility index (Phi) is 3.83. The van der Waals surface area contributed by atoms with Crippen LogP contribution in [-0.2, 0) is 11.2 Å². The molecule has 1 atom stereocenters. The molecule has 0 fully saturated rings. The molecular weight excluding hydrogens is 276 g/mol. The largest absolute Gasteiger partial charge is 0.480 e. The Bertz CT molecular complexity index is 723. The lowest BCUT2D eigenvalue weighted by atomic mass is 9.92. The first-order valence-corrected chi connectivity index (χ1v) is 7.06.